The quantitative estimate of drug-likeness (QED) is 0.652. The van der Waals surface area contributed by atoms with E-state index in [0.717, 1.165) is 36.6 Å². The summed E-state index contributed by atoms with van der Waals surface area (Å²) in [6, 6.07) is 0.305. The standard InChI is InChI=1S/C18H21N7O2S/c1-12-8-21-18(23-13-2-5-27-6-3-13)24-16(12)25-10-14(22-11-25)17(26)20-9-15-19-4-7-28-15/h4,7-8,10-11,13H,2-3,5-6,9H2,1H3,(H,20,26)(H,21,23,24). The van der Waals surface area contributed by atoms with Gasteiger partial charge in [0.1, 0.15) is 22.8 Å². The molecule has 0 atom stereocenters. The Morgan fingerprint density at radius 1 is 1.32 bits per heavy atom. The molecule has 146 valence electrons. The maximum Gasteiger partial charge on any atom is 0.271 e. The largest absolute Gasteiger partial charge is 0.381 e. The Balaban J connectivity index is 1.46. The van der Waals surface area contributed by atoms with Gasteiger partial charge < -0.3 is 15.4 Å². The number of ether oxygens (including phenoxy) is 1. The highest BCUT2D eigenvalue weighted by atomic mass is 32.1. The van der Waals surface area contributed by atoms with Crippen molar-refractivity contribution in [2.75, 3.05) is 18.5 Å². The van der Waals surface area contributed by atoms with Gasteiger partial charge in [-0.2, -0.15) is 4.98 Å². The number of rotatable bonds is 6. The molecule has 0 unspecified atom stereocenters. The lowest BCUT2D eigenvalue weighted by molar-refractivity contribution is 0.0903. The van der Waals surface area contributed by atoms with Crippen LogP contribution in [-0.4, -0.2) is 49.7 Å². The second-order valence-electron chi connectivity index (χ2n) is 6.51. The van der Waals surface area contributed by atoms with Crippen molar-refractivity contribution in [1.29, 1.82) is 0 Å². The smallest absolute Gasteiger partial charge is 0.271 e. The molecule has 0 saturated carbocycles. The van der Waals surface area contributed by atoms with Crippen LogP contribution >= 0.6 is 11.3 Å². The van der Waals surface area contributed by atoms with Gasteiger partial charge in [0.25, 0.3) is 5.91 Å². The van der Waals surface area contributed by atoms with E-state index < -0.39 is 0 Å². The molecule has 10 heteroatoms. The van der Waals surface area contributed by atoms with Crippen LogP contribution in [0, 0.1) is 6.92 Å². The highest BCUT2D eigenvalue weighted by Gasteiger charge is 2.16. The fourth-order valence-electron chi connectivity index (χ4n) is 2.93. The number of carbonyl (C=O) groups excluding carboxylic acids is 1. The molecular weight excluding hydrogens is 378 g/mol. The molecule has 0 aliphatic carbocycles. The van der Waals surface area contributed by atoms with Crippen molar-refractivity contribution in [3.63, 3.8) is 0 Å². The number of nitrogens with one attached hydrogen (secondary N) is 2. The summed E-state index contributed by atoms with van der Waals surface area (Å²) in [5.41, 5.74) is 1.22. The van der Waals surface area contributed by atoms with Gasteiger partial charge in [-0.1, -0.05) is 0 Å². The molecule has 1 aliphatic rings. The van der Waals surface area contributed by atoms with Gasteiger partial charge in [-0.15, -0.1) is 11.3 Å². The number of aryl methyl sites for hydroxylation is 1. The van der Waals surface area contributed by atoms with Crippen molar-refractivity contribution in [3.05, 3.63) is 46.6 Å². The van der Waals surface area contributed by atoms with Crippen molar-refractivity contribution in [2.45, 2.75) is 32.4 Å². The predicted molar refractivity (Wildman–Crippen MR) is 105 cm³/mol. The third kappa shape index (κ3) is 4.34. The molecule has 0 aromatic carbocycles. The zero-order valence-corrected chi connectivity index (χ0v) is 16.3. The van der Waals surface area contributed by atoms with E-state index in [1.54, 1.807) is 29.5 Å². The van der Waals surface area contributed by atoms with Gasteiger partial charge in [0.2, 0.25) is 5.95 Å². The van der Waals surface area contributed by atoms with Crippen LogP contribution < -0.4 is 10.6 Å². The van der Waals surface area contributed by atoms with Gasteiger partial charge in [0.05, 0.1) is 6.54 Å². The minimum atomic E-state index is -0.249. The van der Waals surface area contributed by atoms with Gasteiger partial charge in [0.15, 0.2) is 0 Å². The Morgan fingerprint density at radius 2 is 2.18 bits per heavy atom. The van der Waals surface area contributed by atoms with Gasteiger partial charge in [-0.05, 0) is 19.8 Å². The monoisotopic (exact) mass is 399 g/mol. The zero-order chi connectivity index (χ0) is 19.3. The predicted octanol–water partition coefficient (Wildman–Crippen LogP) is 1.95. The average Bonchev–Trinajstić information content (AvgIpc) is 3.41. The third-order valence-electron chi connectivity index (χ3n) is 4.44. The summed E-state index contributed by atoms with van der Waals surface area (Å²) in [4.78, 5) is 29.7. The van der Waals surface area contributed by atoms with E-state index in [4.69, 9.17) is 4.74 Å². The minimum Gasteiger partial charge on any atom is -0.381 e. The Kier molecular flexibility index (Phi) is 5.58. The van der Waals surface area contributed by atoms with Crippen molar-refractivity contribution in [2.24, 2.45) is 0 Å². The summed E-state index contributed by atoms with van der Waals surface area (Å²) in [5, 5.41) is 8.91. The Labute approximate surface area is 166 Å². The van der Waals surface area contributed by atoms with E-state index in [2.05, 4.69) is 30.6 Å². The number of anilines is 1. The van der Waals surface area contributed by atoms with E-state index in [1.807, 2.05) is 12.3 Å². The fourth-order valence-corrected chi connectivity index (χ4v) is 3.49. The molecule has 28 heavy (non-hydrogen) atoms. The van der Waals surface area contributed by atoms with Gasteiger partial charge in [-0.25, -0.2) is 15.0 Å². The first kappa shape index (κ1) is 18.5. The molecule has 0 bridgehead atoms. The molecule has 0 radical (unpaired) electrons. The first-order chi connectivity index (χ1) is 13.7. The van der Waals surface area contributed by atoms with E-state index in [-0.39, 0.29) is 5.91 Å². The molecule has 4 heterocycles. The summed E-state index contributed by atoms with van der Waals surface area (Å²) in [5.74, 6) is 1.01. The molecule has 9 nitrogen and oxygen atoms in total. The van der Waals surface area contributed by atoms with E-state index in [1.165, 1.54) is 11.3 Å². The molecule has 2 N–H and O–H groups in total. The lowest BCUT2D eigenvalue weighted by Gasteiger charge is -2.23. The highest BCUT2D eigenvalue weighted by Crippen LogP contribution is 2.16. The zero-order valence-electron chi connectivity index (χ0n) is 15.5. The lowest BCUT2D eigenvalue weighted by Crippen LogP contribution is -2.28. The number of imidazole rings is 1. The fraction of sp³-hybridized carbons (Fsp3) is 0.389. The van der Waals surface area contributed by atoms with Crippen LogP contribution in [0.1, 0.15) is 33.9 Å². The number of amides is 1. The molecule has 0 spiro atoms. The minimum absolute atomic E-state index is 0.249. The van der Waals surface area contributed by atoms with Crippen molar-refractivity contribution < 1.29 is 9.53 Å². The average molecular weight is 399 g/mol. The normalized spacial score (nSPS) is 14.8. The number of thiazole rings is 1. The molecule has 1 aliphatic heterocycles. The molecular formula is C18H21N7O2S. The molecule has 3 aromatic rings. The van der Waals surface area contributed by atoms with Crippen molar-refractivity contribution in [1.82, 2.24) is 29.8 Å². The number of aromatic nitrogens is 5. The van der Waals surface area contributed by atoms with Gasteiger partial charge >= 0.3 is 0 Å². The summed E-state index contributed by atoms with van der Waals surface area (Å²) in [6.07, 6.45) is 8.61. The number of carbonyl (C=O) groups is 1. The van der Waals surface area contributed by atoms with Crippen LogP contribution in [0.3, 0.4) is 0 Å². The van der Waals surface area contributed by atoms with Gasteiger partial charge in [-0.3, -0.25) is 9.36 Å². The SMILES string of the molecule is Cc1cnc(NC2CCOCC2)nc1-n1cnc(C(=O)NCc2nccs2)c1. The summed E-state index contributed by atoms with van der Waals surface area (Å²) < 4.78 is 7.12. The van der Waals surface area contributed by atoms with Crippen LogP contribution in [0.25, 0.3) is 5.82 Å². The molecule has 3 aromatic heterocycles. The van der Waals surface area contributed by atoms with E-state index in [0.29, 0.717) is 30.0 Å². The molecule has 1 saturated heterocycles. The molecule has 4 rings (SSSR count). The van der Waals surface area contributed by atoms with Crippen molar-refractivity contribution >= 4 is 23.2 Å². The van der Waals surface area contributed by atoms with E-state index in [9.17, 15) is 4.79 Å². The van der Waals surface area contributed by atoms with Crippen LogP contribution in [-0.2, 0) is 11.3 Å². The maximum atomic E-state index is 12.3. The number of nitrogens with zero attached hydrogens (tertiary/aromatic N) is 5. The molecule has 1 fully saturated rings. The topological polar surface area (TPSA) is 107 Å². The summed E-state index contributed by atoms with van der Waals surface area (Å²) in [7, 11) is 0. The number of hydrogen-bond donors (Lipinski definition) is 2. The first-order valence-electron chi connectivity index (χ1n) is 9.08. The van der Waals surface area contributed by atoms with Crippen LogP contribution in [0.4, 0.5) is 5.95 Å². The Bertz CT molecular complexity index is 935. The second kappa shape index (κ2) is 8.44. The maximum absolute atomic E-state index is 12.3. The number of hydrogen-bond acceptors (Lipinski definition) is 8. The Morgan fingerprint density at radius 3 is 2.96 bits per heavy atom. The summed E-state index contributed by atoms with van der Waals surface area (Å²) >= 11 is 1.50. The van der Waals surface area contributed by atoms with Crippen molar-refractivity contribution in [3.8, 4) is 5.82 Å². The second-order valence-corrected chi connectivity index (χ2v) is 7.49. The van der Waals surface area contributed by atoms with Crippen LogP contribution in [0.15, 0.2) is 30.3 Å². The van der Waals surface area contributed by atoms with E-state index >= 15 is 0 Å². The third-order valence-corrected chi connectivity index (χ3v) is 5.22. The summed E-state index contributed by atoms with van der Waals surface area (Å²) in [6.45, 7) is 3.81. The Hall–Kier alpha value is -2.85. The van der Waals surface area contributed by atoms with Crippen LogP contribution in [0.2, 0.25) is 0 Å². The first-order valence-corrected chi connectivity index (χ1v) is 9.96. The van der Waals surface area contributed by atoms with Crippen LogP contribution in [0.5, 0.6) is 0 Å². The molecule has 1 amide bonds. The lowest BCUT2D eigenvalue weighted by atomic mass is 10.1. The van der Waals surface area contributed by atoms with Gasteiger partial charge in [0, 0.05) is 48.8 Å². The highest BCUT2D eigenvalue weighted by molar-refractivity contribution is 7.09.